The Balaban J connectivity index is 1.83. The van der Waals surface area contributed by atoms with E-state index in [0.29, 0.717) is 25.8 Å². The van der Waals surface area contributed by atoms with Crippen LogP contribution in [-0.4, -0.2) is 22.0 Å². The van der Waals surface area contributed by atoms with Crippen molar-refractivity contribution in [2.75, 3.05) is 0 Å². The summed E-state index contributed by atoms with van der Waals surface area (Å²) in [6.07, 6.45) is 1.72. The first-order valence-corrected chi connectivity index (χ1v) is 7.22. The van der Waals surface area contributed by atoms with Crippen LogP contribution in [0.3, 0.4) is 0 Å². The number of aromatic nitrogens is 1. The molecular formula is C13H18N2O3S. The van der Waals surface area contributed by atoms with Crippen LogP contribution in [0, 0.1) is 25.7 Å². The van der Waals surface area contributed by atoms with Gasteiger partial charge in [0.05, 0.1) is 18.2 Å². The van der Waals surface area contributed by atoms with Crippen molar-refractivity contribution < 1.29 is 14.7 Å². The van der Waals surface area contributed by atoms with E-state index >= 15 is 0 Å². The van der Waals surface area contributed by atoms with Gasteiger partial charge in [-0.1, -0.05) is 0 Å². The van der Waals surface area contributed by atoms with Crippen molar-refractivity contribution in [3.05, 3.63) is 15.6 Å². The van der Waals surface area contributed by atoms with Crippen molar-refractivity contribution in [2.45, 2.75) is 39.7 Å². The lowest BCUT2D eigenvalue weighted by Gasteiger charge is -2.09. The molecular weight excluding hydrogens is 264 g/mol. The smallest absolute Gasteiger partial charge is 0.306 e. The highest BCUT2D eigenvalue weighted by atomic mass is 32.1. The second-order valence-corrected chi connectivity index (χ2v) is 6.30. The second-order valence-electron chi connectivity index (χ2n) is 5.01. The van der Waals surface area contributed by atoms with E-state index in [-0.39, 0.29) is 17.7 Å². The minimum absolute atomic E-state index is 0.0470. The van der Waals surface area contributed by atoms with Crippen LogP contribution < -0.4 is 5.32 Å². The summed E-state index contributed by atoms with van der Waals surface area (Å²) in [7, 11) is 0. The third-order valence-corrected chi connectivity index (χ3v) is 4.71. The number of hydrogen-bond acceptors (Lipinski definition) is 4. The minimum atomic E-state index is -0.790. The van der Waals surface area contributed by atoms with Gasteiger partial charge in [0.15, 0.2) is 0 Å². The molecule has 0 spiro atoms. The van der Waals surface area contributed by atoms with Gasteiger partial charge in [-0.15, -0.1) is 11.3 Å². The molecule has 0 unspecified atom stereocenters. The molecule has 2 atom stereocenters. The third-order valence-electron chi connectivity index (χ3n) is 3.64. The number of aliphatic carboxylic acids is 1. The molecule has 1 aliphatic rings. The molecule has 104 valence electrons. The van der Waals surface area contributed by atoms with E-state index in [1.165, 1.54) is 0 Å². The summed E-state index contributed by atoms with van der Waals surface area (Å²) < 4.78 is 0. The summed E-state index contributed by atoms with van der Waals surface area (Å²) in [5.41, 5.74) is 1.00. The molecule has 0 aliphatic heterocycles. The Morgan fingerprint density at radius 1 is 1.37 bits per heavy atom. The summed E-state index contributed by atoms with van der Waals surface area (Å²) in [6.45, 7) is 4.39. The zero-order valence-electron chi connectivity index (χ0n) is 11.1. The zero-order valence-corrected chi connectivity index (χ0v) is 11.9. The van der Waals surface area contributed by atoms with Crippen LogP contribution in [0.4, 0.5) is 0 Å². The van der Waals surface area contributed by atoms with Gasteiger partial charge in [-0.3, -0.25) is 9.59 Å². The van der Waals surface area contributed by atoms with Crippen LogP contribution in [0.1, 0.15) is 34.8 Å². The number of carboxylic acid groups (broad SMARTS) is 1. The largest absolute Gasteiger partial charge is 0.481 e. The molecule has 0 saturated heterocycles. The Morgan fingerprint density at radius 3 is 2.58 bits per heavy atom. The fourth-order valence-corrected chi connectivity index (χ4v) is 3.24. The number of carbonyl (C=O) groups is 2. The molecule has 1 saturated carbocycles. The van der Waals surface area contributed by atoms with Crippen molar-refractivity contribution in [1.82, 2.24) is 10.3 Å². The summed E-state index contributed by atoms with van der Waals surface area (Å²) in [5, 5.41) is 12.7. The van der Waals surface area contributed by atoms with Crippen LogP contribution in [0.5, 0.6) is 0 Å². The number of thiazole rings is 1. The normalized spacial score (nSPS) is 22.4. The van der Waals surface area contributed by atoms with E-state index in [0.717, 1.165) is 15.6 Å². The summed E-state index contributed by atoms with van der Waals surface area (Å²) in [4.78, 5) is 28.3. The first-order valence-electron chi connectivity index (χ1n) is 6.40. The molecule has 6 heteroatoms. The quantitative estimate of drug-likeness (QED) is 0.883. The summed E-state index contributed by atoms with van der Waals surface area (Å²) >= 11 is 1.58. The zero-order chi connectivity index (χ0) is 14.0. The van der Waals surface area contributed by atoms with Crippen LogP contribution in [0.2, 0.25) is 0 Å². The maximum atomic E-state index is 12.0. The Labute approximate surface area is 116 Å². The van der Waals surface area contributed by atoms with E-state index in [4.69, 9.17) is 5.11 Å². The molecule has 1 amide bonds. The van der Waals surface area contributed by atoms with Crippen LogP contribution >= 0.6 is 11.3 Å². The van der Waals surface area contributed by atoms with Crippen LogP contribution in [0.25, 0.3) is 0 Å². The standard InChI is InChI=1S/C13H18N2O3S/c1-7-8(2)19-11(15-7)6-14-12(16)9-3-4-10(5-9)13(17)18/h9-10H,3-6H2,1-2H3,(H,14,16)(H,17,18)/t9-,10+/m1/s1. The van der Waals surface area contributed by atoms with E-state index in [9.17, 15) is 9.59 Å². The molecule has 2 N–H and O–H groups in total. The van der Waals surface area contributed by atoms with Crippen molar-refractivity contribution in [3.63, 3.8) is 0 Å². The molecule has 1 aromatic heterocycles. The van der Waals surface area contributed by atoms with Crippen molar-refractivity contribution >= 4 is 23.2 Å². The van der Waals surface area contributed by atoms with Gasteiger partial charge in [0.1, 0.15) is 5.01 Å². The van der Waals surface area contributed by atoms with E-state index in [1.807, 2.05) is 13.8 Å². The van der Waals surface area contributed by atoms with E-state index < -0.39 is 5.97 Å². The van der Waals surface area contributed by atoms with E-state index in [2.05, 4.69) is 10.3 Å². The molecule has 0 bridgehead atoms. The minimum Gasteiger partial charge on any atom is -0.481 e. The predicted octanol–water partition coefficient (Wildman–Crippen LogP) is 1.88. The molecule has 5 nitrogen and oxygen atoms in total. The van der Waals surface area contributed by atoms with Gasteiger partial charge < -0.3 is 10.4 Å². The van der Waals surface area contributed by atoms with Gasteiger partial charge in [0.2, 0.25) is 5.91 Å². The van der Waals surface area contributed by atoms with Crippen molar-refractivity contribution in [2.24, 2.45) is 11.8 Å². The second kappa shape index (κ2) is 5.69. The summed E-state index contributed by atoms with van der Waals surface area (Å²) in [5.74, 6) is -1.36. The van der Waals surface area contributed by atoms with E-state index in [1.54, 1.807) is 11.3 Å². The number of hydrogen-bond donors (Lipinski definition) is 2. The molecule has 2 rings (SSSR count). The van der Waals surface area contributed by atoms with Crippen LogP contribution in [0.15, 0.2) is 0 Å². The molecule has 1 aliphatic carbocycles. The lowest BCUT2D eigenvalue weighted by molar-refractivity contribution is -0.141. The third kappa shape index (κ3) is 3.32. The highest BCUT2D eigenvalue weighted by Crippen LogP contribution is 2.31. The average Bonchev–Trinajstić information content (AvgIpc) is 2.95. The van der Waals surface area contributed by atoms with Crippen LogP contribution in [-0.2, 0) is 16.1 Å². The Bertz CT molecular complexity index is 479. The molecule has 1 heterocycles. The highest BCUT2D eigenvalue weighted by molar-refractivity contribution is 7.11. The molecule has 1 aromatic rings. The number of carboxylic acids is 1. The number of rotatable bonds is 4. The maximum Gasteiger partial charge on any atom is 0.306 e. The molecule has 0 radical (unpaired) electrons. The number of amides is 1. The van der Waals surface area contributed by atoms with Gasteiger partial charge in [0.25, 0.3) is 0 Å². The Morgan fingerprint density at radius 2 is 2.05 bits per heavy atom. The monoisotopic (exact) mass is 282 g/mol. The number of carbonyl (C=O) groups excluding carboxylic acids is 1. The molecule has 1 fully saturated rings. The fourth-order valence-electron chi connectivity index (χ4n) is 2.37. The highest BCUT2D eigenvalue weighted by Gasteiger charge is 2.33. The Kier molecular flexibility index (Phi) is 4.19. The lowest BCUT2D eigenvalue weighted by atomic mass is 10.0. The first kappa shape index (κ1) is 14.0. The van der Waals surface area contributed by atoms with Gasteiger partial charge in [-0.2, -0.15) is 0 Å². The first-order chi connectivity index (χ1) is 8.97. The lowest BCUT2D eigenvalue weighted by Crippen LogP contribution is -2.29. The topological polar surface area (TPSA) is 79.3 Å². The fraction of sp³-hybridized carbons (Fsp3) is 0.615. The number of nitrogens with one attached hydrogen (secondary N) is 1. The SMILES string of the molecule is Cc1nc(CNC(=O)[C@@H]2CC[C@H](C(=O)O)C2)sc1C. The average molecular weight is 282 g/mol. The number of nitrogens with zero attached hydrogens (tertiary/aromatic N) is 1. The predicted molar refractivity (Wildman–Crippen MR) is 71.9 cm³/mol. The summed E-state index contributed by atoms with van der Waals surface area (Å²) in [6, 6.07) is 0. The van der Waals surface area contributed by atoms with Gasteiger partial charge in [0, 0.05) is 10.8 Å². The maximum absolute atomic E-state index is 12.0. The van der Waals surface area contributed by atoms with Gasteiger partial charge >= 0.3 is 5.97 Å². The van der Waals surface area contributed by atoms with Gasteiger partial charge in [-0.25, -0.2) is 4.98 Å². The van der Waals surface area contributed by atoms with Crippen molar-refractivity contribution in [3.8, 4) is 0 Å². The number of aryl methyl sites for hydroxylation is 2. The Hall–Kier alpha value is -1.43. The molecule has 19 heavy (non-hydrogen) atoms. The molecule has 0 aromatic carbocycles. The van der Waals surface area contributed by atoms with Crippen molar-refractivity contribution in [1.29, 1.82) is 0 Å². The van der Waals surface area contributed by atoms with Gasteiger partial charge in [-0.05, 0) is 33.1 Å².